The van der Waals surface area contributed by atoms with E-state index in [-0.39, 0.29) is 0 Å². The van der Waals surface area contributed by atoms with Crippen molar-refractivity contribution in [1.29, 1.82) is 0 Å². The summed E-state index contributed by atoms with van der Waals surface area (Å²) in [5, 5.41) is 0. The molecule has 0 aliphatic heterocycles. The first-order valence-corrected chi connectivity index (χ1v) is 3.34. The van der Waals surface area contributed by atoms with Gasteiger partial charge < -0.3 is 4.42 Å². The summed E-state index contributed by atoms with van der Waals surface area (Å²) in [5.74, 6) is 1.10. The summed E-state index contributed by atoms with van der Waals surface area (Å²) < 4.78 is 5.12. The molecule has 0 fully saturated rings. The highest BCUT2D eigenvalue weighted by molar-refractivity contribution is 5.57. The van der Waals surface area contributed by atoms with Crippen LogP contribution in [0.5, 0.6) is 0 Å². The number of rotatable bonds is 2. The second-order valence-electron chi connectivity index (χ2n) is 2.08. The van der Waals surface area contributed by atoms with Crippen molar-refractivity contribution in [1.82, 2.24) is 4.98 Å². The van der Waals surface area contributed by atoms with Crippen molar-refractivity contribution in [3.8, 4) is 0 Å². The summed E-state index contributed by atoms with van der Waals surface area (Å²) >= 11 is 0. The van der Waals surface area contributed by atoms with E-state index < -0.39 is 0 Å². The van der Waals surface area contributed by atoms with Gasteiger partial charge in [-0.25, -0.2) is 9.98 Å². The molecule has 0 N–H and O–H groups in total. The standard InChI is InChI=1S/C8H10N2O/c1-4-5-7-8(9-3)11-6(2)10-7/h4-5H,3H2,1-2H3/b5-4-. The van der Waals surface area contributed by atoms with Crippen molar-refractivity contribution in [2.24, 2.45) is 4.99 Å². The zero-order valence-corrected chi connectivity index (χ0v) is 6.66. The summed E-state index contributed by atoms with van der Waals surface area (Å²) in [7, 11) is 0. The second kappa shape index (κ2) is 3.14. The highest BCUT2D eigenvalue weighted by atomic mass is 16.4. The quantitative estimate of drug-likeness (QED) is 0.607. The van der Waals surface area contributed by atoms with Crippen LogP contribution in [0.3, 0.4) is 0 Å². The lowest BCUT2D eigenvalue weighted by Gasteiger charge is -1.82. The maximum atomic E-state index is 5.12. The van der Waals surface area contributed by atoms with Gasteiger partial charge in [-0.1, -0.05) is 6.08 Å². The number of oxazole rings is 1. The number of aromatic nitrogens is 1. The number of aliphatic imine (C=N–C) groups is 1. The molecule has 1 heterocycles. The molecule has 3 nitrogen and oxygen atoms in total. The van der Waals surface area contributed by atoms with Gasteiger partial charge in [-0.3, -0.25) is 0 Å². The number of hydrogen-bond acceptors (Lipinski definition) is 3. The Labute approximate surface area is 65.5 Å². The maximum absolute atomic E-state index is 5.12. The second-order valence-corrected chi connectivity index (χ2v) is 2.08. The molecule has 1 aromatic heterocycles. The number of aryl methyl sites for hydroxylation is 1. The molecule has 0 aliphatic rings. The Hall–Kier alpha value is -1.38. The highest BCUT2D eigenvalue weighted by Crippen LogP contribution is 2.20. The van der Waals surface area contributed by atoms with Gasteiger partial charge in [0.25, 0.3) is 0 Å². The Bertz CT molecular complexity index is 286. The van der Waals surface area contributed by atoms with Crippen LogP contribution in [0.25, 0.3) is 6.08 Å². The van der Waals surface area contributed by atoms with Crippen molar-refractivity contribution in [2.75, 3.05) is 0 Å². The van der Waals surface area contributed by atoms with Gasteiger partial charge >= 0.3 is 0 Å². The van der Waals surface area contributed by atoms with E-state index in [1.54, 1.807) is 6.92 Å². The zero-order valence-electron chi connectivity index (χ0n) is 6.66. The normalized spacial score (nSPS) is 10.7. The first-order valence-electron chi connectivity index (χ1n) is 3.34. The largest absolute Gasteiger partial charge is 0.423 e. The molecule has 0 aliphatic carbocycles. The third kappa shape index (κ3) is 1.55. The lowest BCUT2D eigenvalue weighted by Crippen LogP contribution is -1.71. The molecular formula is C8H10N2O. The maximum Gasteiger partial charge on any atom is 0.246 e. The van der Waals surface area contributed by atoms with Crippen LogP contribution in [0, 0.1) is 6.92 Å². The molecule has 0 atom stereocenters. The van der Waals surface area contributed by atoms with Crippen LogP contribution in [0.15, 0.2) is 15.5 Å². The Morgan fingerprint density at radius 1 is 1.64 bits per heavy atom. The van der Waals surface area contributed by atoms with Gasteiger partial charge in [0.15, 0.2) is 5.89 Å². The minimum atomic E-state index is 0.487. The summed E-state index contributed by atoms with van der Waals surface area (Å²) in [4.78, 5) is 7.76. The molecule has 0 saturated carbocycles. The minimum Gasteiger partial charge on any atom is -0.423 e. The van der Waals surface area contributed by atoms with Gasteiger partial charge in [0.2, 0.25) is 5.88 Å². The first kappa shape index (κ1) is 7.72. The molecule has 0 spiro atoms. The smallest absolute Gasteiger partial charge is 0.246 e. The Kier molecular flexibility index (Phi) is 2.21. The van der Waals surface area contributed by atoms with E-state index in [0.29, 0.717) is 11.8 Å². The van der Waals surface area contributed by atoms with Crippen LogP contribution < -0.4 is 0 Å². The van der Waals surface area contributed by atoms with Gasteiger partial charge in [-0.2, -0.15) is 0 Å². The third-order valence-corrected chi connectivity index (χ3v) is 1.21. The molecule has 0 unspecified atom stereocenters. The topological polar surface area (TPSA) is 38.4 Å². The molecule has 0 bridgehead atoms. The predicted molar refractivity (Wildman–Crippen MR) is 45.2 cm³/mol. The average Bonchev–Trinajstić information content (AvgIpc) is 2.32. The summed E-state index contributed by atoms with van der Waals surface area (Å²) in [6.45, 7) is 7.06. The third-order valence-electron chi connectivity index (χ3n) is 1.21. The van der Waals surface area contributed by atoms with Crippen LogP contribution in [-0.4, -0.2) is 11.7 Å². The van der Waals surface area contributed by atoms with Crippen LogP contribution in [0.1, 0.15) is 18.5 Å². The van der Waals surface area contributed by atoms with E-state index in [0.717, 1.165) is 5.69 Å². The monoisotopic (exact) mass is 150 g/mol. The molecule has 1 rings (SSSR count). The van der Waals surface area contributed by atoms with Crippen molar-refractivity contribution in [3.63, 3.8) is 0 Å². The van der Waals surface area contributed by atoms with Crippen LogP contribution in [0.4, 0.5) is 5.88 Å². The zero-order chi connectivity index (χ0) is 8.27. The van der Waals surface area contributed by atoms with E-state index in [9.17, 15) is 0 Å². The molecule has 1 aromatic rings. The molecule has 0 aromatic carbocycles. The minimum absolute atomic E-state index is 0.487. The van der Waals surface area contributed by atoms with Crippen molar-refractivity contribution < 1.29 is 4.42 Å². The predicted octanol–water partition coefficient (Wildman–Crippen LogP) is 2.35. The molecule has 0 saturated heterocycles. The molecule has 0 amide bonds. The Morgan fingerprint density at radius 2 is 2.36 bits per heavy atom. The average molecular weight is 150 g/mol. The van der Waals surface area contributed by atoms with Gasteiger partial charge in [0, 0.05) is 6.92 Å². The van der Waals surface area contributed by atoms with Crippen LogP contribution >= 0.6 is 0 Å². The lowest BCUT2D eigenvalue weighted by molar-refractivity contribution is 0.531. The summed E-state index contributed by atoms with van der Waals surface area (Å²) in [5.41, 5.74) is 0.736. The molecule has 11 heavy (non-hydrogen) atoms. The molecule has 0 radical (unpaired) electrons. The fourth-order valence-electron chi connectivity index (χ4n) is 0.812. The SMILES string of the molecule is C=Nc1oc(C)nc1/C=C\C. The van der Waals surface area contributed by atoms with Gasteiger partial charge in [-0.05, 0) is 19.7 Å². The summed E-state index contributed by atoms with van der Waals surface area (Å²) in [6, 6.07) is 0. The van der Waals surface area contributed by atoms with Gasteiger partial charge in [0.05, 0.1) is 0 Å². The van der Waals surface area contributed by atoms with E-state index in [1.807, 2.05) is 19.1 Å². The van der Waals surface area contributed by atoms with E-state index in [2.05, 4.69) is 16.7 Å². The van der Waals surface area contributed by atoms with Gasteiger partial charge in [-0.15, -0.1) is 0 Å². The van der Waals surface area contributed by atoms with Crippen LogP contribution in [0.2, 0.25) is 0 Å². The number of allylic oxidation sites excluding steroid dienone is 1. The van der Waals surface area contributed by atoms with E-state index >= 15 is 0 Å². The molecular weight excluding hydrogens is 140 g/mol. The number of hydrogen-bond donors (Lipinski definition) is 0. The van der Waals surface area contributed by atoms with E-state index in [4.69, 9.17) is 4.42 Å². The highest BCUT2D eigenvalue weighted by Gasteiger charge is 2.04. The van der Waals surface area contributed by atoms with Crippen molar-refractivity contribution in [2.45, 2.75) is 13.8 Å². The van der Waals surface area contributed by atoms with E-state index in [1.165, 1.54) is 0 Å². The Balaban J connectivity index is 3.11. The van der Waals surface area contributed by atoms with Crippen molar-refractivity contribution in [3.05, 3.63) is 17.7 Å². The molecule has 3 heteroatoms. The molecule has 58 valence electrons. The van der Waals surface area contributed by atoms with Crippen molar-refractivity contribution >= 4 is 18.7 Å². The fourth-order valence-corrected chi connectivity index (χ4v) is 0.812. The Morgan fingerprint density at radius 3 is 2.91 bits per heavy atom. The van der Waals surface area contributed by atoms with Gasteiger partial charge in [0.1, 0.15) is 5.69 Å². The first-order chi connectivity index (χ1) is 5.27. The van der Waals surface area contributed by atoms with Crippen LogP contribution in [-0.2, 0) is 0 Å². The fraction of sp³-hybridized carbons (Fsp3) is 0.250. The number of nitrogens with zero attached hydrogens (tertiary/aromatic N) is 2. The summed E-state index contributed by atoms with van der Waals surface area (Å²) in [6.07, 6.45) is 3.71. The lowest BCUT2D eigenvalue weighted by atomic mass is 10.4.